The maximum atomic E-state index is 13.7. The first-order valence-corrected chi connectivity index (χ1v) is 14.5. The van der Waals surface area contributed by atoms with Gasteiger partial charge in [-0.2, -0.15) is 0 Å². The van der Waals surface area contributed by atoms with E-state index in [1.807, 2.05) is 60.7 Å². The fourth-order valence-corrected chi connectivity index (χ4v) is 5.83. The van der Waals surface area contributed by atoms with Gasteiger partial charge in [0.15, 0.2) is 0 Å². The van der Waals surface area contributed by atoms with Crippen LogP contribution in [-0.4, -0.2) is 34.6 Å². The summed E-state index contributed by atoms with van der Waals surface area (Å²) in [6.45, 7) is 2.43. The summed E-state index contributed by atoms with van der Waals surface area (Å²) < 4.78 is 0. The van der Waals surface area contributed by atoms with Crippen molar-refractivity contribution in [2.45, 2.75) is 63.4 Å². The number of benzene rings is 3. The highest BCUT2D eigenvalue weighted by atomic mass is 35.5. The third-order valence-electron chi connectivity index (χ3n) is 6.82. The Morgan fingerprint density at radius 1 is 0.946 bits per heavy atom. The molecule has 2 amide bonds. The first-order valence-electron chi connectivity index (χ1n) is 13.0. The van der Waals surface area contributed by atoms with Gasteiger partial charge in [-0.15, -0.1) is 11.8 Å². The number of carbonyl (C=O) groups is 2. The average molecular weight is 535 g/mol. The van der Waals surface area contributed by atoms with Crippen LogP contribution in [0.4, 0.5) is 0 Å². The van der Waals surface area contributed by atoms with Crippen molar-refractivity contribution in [3.8, 4) is 0 Å². The van der Waals surface area contributed by atoms with Gasteiger partial charge in [-0.25, -0.2) is 0 Å². The Bertz CT molecular complexity index is 1160. The number of carbonyl (C=O) groups excluding carboxylic acids is 2. The lowest BCUT2D eigenvalue weighted by Crippen LogP contribution is -2.52. The number of hydrogen-bond donors (Lipinski definition) is 1. The van der Waals surface area contributed by atoms with Crippen molar-refractivity contribution in [1.82, 2.24) is 10.2 Å². The molecule has 1 aliphatic carbocycles. The van der Waals surface area contributed by atoms with Crippen LogP contribution in [0.3, 0.4) is 0 Å². The van der Waals surface area contributed by atoms with Crippen LogP contribution in [0.1, 0.15) is 47.9 Å². The molecule has 0 spiro atoms. The van der Waals surface area contributed by atoms with Crippen molar-refractivity contribution in [2.24, 2.45) is 0 Å². The van der Waals surface area contributed by atoms with E-state index >= 15 is 0 Å². The van der Waals surface area contributed by atoms with Crippen LogP contribution in [0.25, 0.3) is 0 Å². The Hall–Kier alpha value is -2.76. The molecule has 1 aliphatic rings. The molecule has 0 heterocycles. The standard InChI is InChI=1S/C31H35ClN2O2S/c1-23-8-7-11-26(18-23)21-37-22-30(35)34(20-25-14-16-27(32)17-15-25)29(19-24-9-3-2-4-10-24)31(36)33-28-12-5-6-13-28/h2-4,7-11,14-18,28-29H,5-6,12-13,19-22H2,1H3,(H,33,36). The maximum Gasteiger partial charge on any atom is 0.243 e. The maximum absolute atomic E-state index is 13.7. The number of amides is 2. The van der Waals surface area contributed by atoms with Crippen LogP contribution < -0.4 is 5.32 Å². The average Bonchev–Trinajstić information content (AvgIpc) is 3.41. The minimum absolute atomic E-state index is 0.0323. The fraction of sp³-hybridized carbons (Fsp3) is 0.355. The van der Waals surface area contributed by atoms with Crippen molar-refractivity contribution >= 4 is 35.2 Å². The van der Waals surface area contributed by atoms with Crippen molar-refractivity contribution in [1.29, 1.82) is 0 Å². The smallest absolute Gasteiger partial charge is 0.243 e. The van der Waals surface area contributed by atoms with E-state index in [4.69, 9.17) is 11.6 Å². The molecule has 1 saturated carbocycles. The third kappa shape index (κ3) is 8.37. The lowest BCUT2D eigenvalue weighted by Gasteiger charge is -2.32. The van der Waals surface area contributed by atoms with Crippen molar-refractivity contribution in [3.63, 3.8) is 0 Å². The molecule has 0 aliphatic heterocycles. The van der Waals surface area contributed by atoms with E-state index in [1.54, 1.807) is 16.7 Å². The van der Waals surface area contributed by atoms with Crippen LogP contribution in [0.15, 0.2) is 78.9 Å². The van der Waals surface area contributed by atoms with Crippen molar-refractivity contribution < 1.29 is 9.59 Å². The van der Waals surface area contributed by atoms with Crippen LogP contribution in [0, 0.1) is 6.92 Å². The molecule has 0 radical (unpaired) electrons. The van der Waals surface area contributed by atoms with Gasteiger partial charge in [0, 0.05) is 29.8 Å². The van der Waals surface area contributed by atoms with E-state index in [1.165, 1.54) is 11.1 Å². The Balaban J connectivity index is 1.56. The molecule has 1 unspecified atom stereocenters. The topological polar surface area (TPSA) is 49.4 Å². The summed E-state index contributed by atoms with van der Waals surface area (Å²) in [7, 11) is 0. The van der Waals surface area contributed by atoms with Gasteiger partial charge in [0.1, 0.15) is 6.04 Å². The van der Waals surface area contributed by atoms with Crippen molar-refractivity contribution in [2.75, 3.05) is 5.75 Å². The molecule has 3 aromatic carbocycles. The number of aryl methyl sites for hydroxylation is 1. The van der Waals surface area contributed by atoms with Gasteiger partial charge in [-0.05, 0) is 48.6 Å². The minimum Gasteiger partial charge on any atom is -0.352 e. The Morgan fingerprint density at radius 2 is 1.65 bits per heavy atom. The van der Waals surface area contributed by atoms with E-state index in [0.717, 1.165) is 42.6 Å². The molecule has 3 aromatic rings. The molecule has 1 atom stereocenters. The lowest BCUT2D eigenvalue weighted by atomic mass is 10.0. The van der Waals surface area contributed by atoms with Crippen molar-refractivity contribution in [3.05, 3.63) is 106 Å². The van der Waals surface area contributed by atoms with Gasteiger partial charge in [-0.1, -0.05) is 96.7 Å². The second-order valence-electron chi connectivity index (χ2n) is 9.83. The van der Waals surface area contributed by atoms with E-state index in [-0.39, 0.29) is 17.9 Å². The van der Waals surface area contributed by atoms with Gasteiger partial charge < -0.3 is 10.2 Å². The number of nitrogens with one attached hydrogen (secondary N) is 1. The monoisotopic (exact) mass is 534 g/mol. The van der Waals surface area contributed by atoms with Crippen LogP contribution >= 0.6 is 23.4 Å². The van der Waals surface area contributed by atoms with E-state index < -0.39 is 6.04 Å². The Labute approximate surface area is 229 Å². The van der Waals surface area contributed by atoms with Crippen LogP contribution in [-0.2, 0) is 28.3 Å². The number of hydrogen-bond acceptors (Lipinski definition) is 3. The molecule has 194 valence electrons. The number of nitrogens with zero attached hydrogens (tertiary/aromatic N) is 1. The first kappa shape index (κ1) is 27.3. The summed E-state index contributed by atoms with van der Waals surface area (Å²) in [5, 5.41) is 3.91. The predicted molar refractivity (Wildman–Crippen MR) is 154 cm³/mol. The van der Waals surface area contributed by atoms with E-state index in [9.17, 15) is 9.59 Å². The highest BCUT2D eigenvalue weighted by Crippen LogP contribution is 2.22. The van der Waals surface area contributed by atoms with E-state index in [2.05, 4.69) is 30.4 Å². The second kappa shape index (κ2) is 13.7. The highest BCUT2D eigenvalue weighted by Gasteiger charge is 2.32. The molecule has 0 aromatic heterocycles. The van der Waals surface area contributed by atoms with E-state index in [0.29, 0.717) is 23.7 Å². The highest BCUT2D eigenvalue weighted by molar-refractivity contribution is 7.99. The van der Waals surface area contributed by atoms with Gasteiger partial charge in [-0.3, -0.25) is 9.59 Å². The molecule has 37 heavy (non-hydrogen) atoms. The molecule has 4 nitrogen and oxygen atoms in total. The molecule has 0 bridgehead atoms. The second-order valence-corrected chi connectivity index (χ2v) is 11.2. The largest absolute Gasteiger partial charge is 0.352 e. The predicted octanol–water partition coefficient (Wildman–Crippen LogP) is 6.58. The number of rotatable bonds is 11. The van der Waals surface area contributed by atoms with Gasteiger partial charge in [0.2, 0.25) is 11.8 Å². The number of halogens is 1. The molecular weight excluding hydrogens is 500 g/mol. The molecule has 6 heteroatoms. The zero-order chi connectivity index (χ0) is 26.0. The number of thioether (sulfide) groups is 1. The van der Waals surface area contributed by atoms with Crippen LogP contribution in [0.2, 0.25) is 5.02 Å². The summed E-state index contributed by atoms with van der Waals surface area (Å²) in [6.07, 6.45) is 4.75. The molecular formula is C31H35ClN2O2S. The molecule has 4 rings (SSSR count). The molecule has 0 saturated heterocycles. The van der Waals surface area contributed by atoms with Gasteiger partial charge in [0.25, 0.3) is 0 Å². The quantitative estimate of drug-likeness (QED) is 0.302. The Kier molecular flexibility index (Phi) is 10.1. The first-order chi connectivity index (χ1) is 18.0. The lowest BCUT2D eigenvalue weighted by molar-refractivity contribution is -0.139. The summed E-state index contributed by atoms with van der Waals surface area (Å²) in [6, 6.07) is 25.4. The summed E-state index contributed by atoms with van der Waals surface area (Å²) in [5.41, 5.74) is 4.39. The zero-order valence-corrected chi connectivity index (χ0v) is 22.9. The minimum atomic E-state index is -0.592. The van der Waals surface area contributed by atoms with Crippen LogP contribution in [0.5, 0.6) is 0 Å². The third-order valence-corrected chi connectivity index (χ3v) is 8.06. The SMILES string of the molecule is Cc1cccc(CSCC(=O)N(Cc2ccc(Cl)cc2)C(Cc2ccccc2)C(=O)NC2CCCC2)c1. The molecule has 1 N–H and O–H groups in total. The van der Waals surface area contributed by atoms with Gasteiger partial charge >= 0.3 is 0 Å². The summed E-state index contributed by atoms with van der Waals surface area (Å²) >= 11 is 7.70. The molecule has 1 fully saturated rings. The van der Waals surface area contributed by atoms with Gasteiger partial charge in [0.05, 0.1) is 5.75 Å². The summed E-state index contributed by atoms with van der Waals surface area (Å²) in [5.74, 6) is 0.959. The zero-order valence-electron chi connectivity index (χ0n) is 21.4. The fourth-order valence-electron chi connectivity index (χ4n) is 4.85. The summed E-state index contributed by atoms with van der Waals surface area (Å²) in [4.78, 5) is 29.2. The normalized spacial score (nSPS) is 14.3. The Morgan fingerprint density at radius 3 is 2.35 bits per heavy atom.